The summed E-state index contributed by atoms with van der Waals surface area (Å²) in [5, 5.41) is 8.72. The molecule has 0 spiro atoms. The van der Waals surface area contributed by atoms with E-state index in [1.807, 2.05) is 0 Å². The molecule has 0 aromatic heterocycles. The minimum absolute atomic E-state index is 0.00978. The van der Waals surface area contributed by atoms with Gasteiger partial charge in [0.05, 0.1) is 11.4 Å². The number of nitrogens with two attached hydrogens (primary N) is 1. The zero-order valence-corrected chi connectivity index (χ0v) is 9.59. The van der Waals surface area contributed by atoms with E-state index in [1.54, 1.807) is 6.92 Å². The van der Waals surface area contributed by atoms with Gasteiger partial charge in [-0.05, 0) is 36.7 Å². The minimum atomic E-state index is -0.935. The highest BCUT2D eigenvalue weighted by atomic mass is 35.5. The third kappa shape index (κ3) is 2.93. The zero-order chi connectivity index (χ0) is 12.3. The maximum atomic E-state index is 13.1. The summed E-state index contributed by atoms with van der Waals surface area (Å²) < 4.78 is 13.1. The Labute approximate surface area is 98.0 Å². The summed E-state index contributed by atoms with van der Waals surface area (Å²) in [6.07, 6.45) is -0.0840. The van der Waals surface area contributed by atoms with E-state index in [4.69, 9.17) is 22.4 Å². The van der Waals surface area contributed by atoms with E-state index in [1.165, 1.54) is 12.1 Å². The molecule has 1 aromatic rings. The van der Waals surface area contributed by atoms with Crippen molar-refractivity contribution in [2.75, 3.05) is 6.54 Å². The van der Waals surface area contributed by atoms with Gasteiger partial charge in [0.1, 0.15) is 5.82 Å². The Morgan fingerprint density at radius 1 is 1.62 bits per heavy atom. The predicted molar refractivity (Wildman–Crippen MR) is 60.2 cm³/mol. The average Bonchev–Trinajstić information content (AvgIpc) is 2.20. The van der Waals surface area contributed by atoms with E-state index in [-0.39, 0.29) is 23.9 Å². The van der Waals surface area contributed by atoms with Gasteiger partial charge in [-0.25, -0.2) is 4.39 Å². The summed E-state index contributed by atoms with van der Waals surface area (Å²) in [6.45, 7) is 1.90. The molecule has 1 aromatic carbocycles. The van der Waals surface area contributed by atoms with Crippen molar-refractivity contribution < 1.29 is 14.3 Å². The summed E-state index contributed by atoms with van der Waals surface area (Å²) >= 11 is 5.66. The van der Waals surface area contributed by atoms with Crippen molar-refractivity contribution in [2.45, 2.75) is 19.3 Å². The molecule has 88 valence electrons. The third-order valence-corrected chi connectivity index (χ3v) is 2.74. The summed E-state index contributed by atoms with van der Waals surface area (Å²) in [6, 6.07) is 2.74. The van der Waals surface area contributed by atoms with E-state index in [9.17, 15) is 9.18 Å². The van der Waals surface area contributed by atoms with Crippen LogP contribution in [0, 0.1) is 12.7 Å². The van der Waals surface area contributed by atoms with Gasteiger partial charge in [0.15, 0.2) is 0 Å². The number of benzene rings is 1. The van der Waals surface area contributed by atoms with Crippen molar-refractivity contribution in [3.8, 4) is 0 Å². The molecule has 0 saturated carbocycles. The van der Waals surface area contributed by atoms with Crippen LogP contribution in [0.4, 0.5) is 4.39 Å². The largest absolute Gasteiger partial charge is 0.481 e. The van der Waals surface area contributed by atoms with Crippen LogP contribution in [0.1, 0.15) is 23.5 Å². The monoisotopic (exact) mass is 245 g/mol. The van der Waals surface area contributed by atoms with Gasteiger partial charge in [-0.15, -0.1) is 0 Å². The number of aryl methyl sites for hydroxylation is 1. The van der Waals surface area contributed by atoms with Crippen LogP contribution in [-0.2, 0) is 4.79 Å². The fourth-order valence-corrected chi connectivity index (χ4v) is 1.80. The van der Waals surface area contributed by atoms with E-state index in [2.05, 4.69) is 0 Å². The summed E-state index contributed by atoms with van der Waals surface area (Å²) in [4.78, 5) is 10.6. The molecule has 0 saturated heterocycles. The van der Waals surface area contributed by atoms with Crippen molar-refractivity contribution in [3.63, 3.8) is 0 Å². The SMILES string of the molecule is Cc1cc(F)c(Cl)cc1C(CN)CC(=O)O. The van der Waals surface area contributed by atoms with Gasteiger partial charge in [0.25, 0.3) is 0 Å². The highest BCUT2D eigenvalue weighted by Gasteiger charge is 2.17. The van der Waals surface area contributed by atoms with E-state index in [0.717, 1.165) is 0 Å². The third-order valence-electron chi connectivity index (χ3n) is 2.45. The van der Waals surface area contributed by atoms with Crippen LogP contribution in [0.2, 0.25) is 5.02 Å². The van der Waals surface area contributed by atoms with Crippen molar-refractivity contribution in [2.24, 2.45) is 5.73 Å². The van der Waals surface area contributed by atoms with Gasteiger partial charge in [0.2, 0.25) is 0 Å². The molecule has 3 N–H and O–H groups in total. The number of carboxylic acids is 1. The second-order valence-corrected chi connectivity index (χ2v) is 4.06. The Balaban J connectivity index is 3.09. The number of carboxylic acid groups (broad SMARTS) is 1. The van der Waals surface area contributed by atoms with Crippen LogP contribution in [0.5, 0.6) is 0 Å². The standard InChI is InChI=1S/C11H13ClFNO2/c1-6-2-10(13)9(12)4-8(6)7(5-14)3-11(15)16/h2,4,7H,3,5,14H2,1H3,(H,15,16). The molecule has 1 atom stereocenters. The van der Waals surface area contributed by atoms with E-state index < -0.39 is 11.8 Å². The van der Waals surface area contributed by atoms with Gasteiger partial charge >= 0.3 is 5.97 Å². The second kappa shape index (κ2) is 5.27. The molecule has 0 bridgehead atoms. The highest BCUT2D eigenvalue weighted by molar-refractivity contribution is 6.30. The first kappa shape index (κ1) is 12.9. The second-order valence-electron chi connectivity index (χ2n) is 3.65. The normalized spacial score (nSPS) is 12.5. The molecule has 0 heterocycles. The van der Waals surface area contributed by atoms with E-state index >= 15 is 0 Å². The first-order valence-corrected chi connectivity index (χ1v) is 5.21. The summed E-state index contributed by atoms with van der Waals surface area (Å²) in [5.41, 5.74) is 6.87. The molecule has 0 radical (unpaired) electrons. The molecular formula is C11H13ClFNO2. The molecule has 0 aliphatic rings. The Kier molecular flexibility index (Phi) is 4.26. The predicted octanol–water partition coefficient (Wildman–Crippen LogP) is 2.30. The lowest BCUT2D eigenvalue weighted by atomic mass is 9.92. The maximum absolute atomic E-state index is 13.1. The fourth-order valence-electron chi connectivity index (χ4n) is 1.63. The van der Waals surface area contributed by atoms with Crippen LogP contribution in [-0.4, -0.2) is 17.6 Å². The van der Waals surface area contributed by atoms with Gasteiger partial charge in [-0.1, -0.05) is 11.6 Å². The average molecular weight is 246 g/mol. The maximum Gasteiger partial charge on any atom is 0.304 e. The highest BCUT2D eigenvalue weighted by Crippen LogP contribution is 2.27. The molecule has 16 heavy (non-hydrogen) atoms. The van der Waals surface area contributed by atoms with Gasteiger partial charge in [-0.3, -0.25) is 4.79 Å². The Hall–Kier alpha value is -1.13. The molecule has 0 aliphatic carbocycles. The molecule has 1 unspecified atom stereocenters. The lowest BCUT2D eigenvalue weighted by molar-refractivity contribution is -0.137. The van der Waals surface area contributed by atoms with Crippen LogP contribution < -0.4 is 5.73 Å². The number of aliphatic carboxylic acids is 1. The van der Waals surface area contributed by atoms with Crippen molar-refractivity contribution in [1.29, 1.82) is 0 Å². The molecule has 1 rings (SSSR count). The van der Waals surface area contributed by atoms with Crippen LogP contribution in [0.3, 0.4) is 0 Å². The number of hydrogen-bond acceptors (Lipinski definition) is 2. The van der Waals surface area contributed by atoms with Crippen LogP contribution in [0.15, 0.2) is 12.1 Å². The van der Waals surface area contributed by atoms with Crippen LogP contribution >= 0.6 is 11.6 Å². The van der Waals surface area contributed by atoms with Crippen molar-refractivity contribution >= 4 is 17.6 Å². The Bertz CT molecular complexity index is 409. The van der Waals surface area contributed by atoms with Crippen molar-refractivity contribution in [3.05, 3.63) is 34.1 Å². The first-order valence-electron chi connectivity index (χ1n) is 4.83. The molecule has 0 fully saturated rings. The Morgan fingerprint density at radius 3 is 2.75 bits per heavy atom. The van der Waals surface area contributed by atoms with Gasteiger partial charge < -0.3 is 10.8 Å². The molecular weight excluding hydrogens is 233 g/mol. The molecule has 0 aliphatic heterocycles. The number of rotatable bonds is 4. The number of halogens is 2. The fraction of sp³-hybridized carbons (Fsp3) is 0.364. The summed E-state index contributed by atoms with van der Waals surface area (Å²) in [7, 11) is 0. The van der Waals surface area contributed by atoms with Crippen molar-refractivity contribution in [1.82, 2.24) is 0 Å². The lowest BCUT2D eigenvalue weighted by Crippen LogP contribution is -2.17. The zero-order valence-electron chi connectivity index (χ0n) is 8.84. The quantitative estimate of drug-likeness (QED) is 0.856. The first-order chi connectivity index (χ1) is 7.45. The topological polar surface area (TPSA) is 63.3 Å². The minimum Gasteiger partial charge on any atom is -0.481 e. The molecule has 3 nitrogen and oxygen atoms in total. The number of carbonyl (C=O) groups is 1. The van der Waals surface area contributed by atoms with Gasteiger partial charge in [0, 0.05) is 5.92 Å². The van der Waals surface area contributed by atoms with E-state index in [0.29, 0.717) is 11.1 Å². The molecule has 0 amide bonds. The van der Waals surface area contributed by atoms with Crippen LogP contribution in [0.25, 0.3) is 0 Å². The molecule has 5 heteroatoms. The summed E-state index contributed by atoms with van der Waals surface area (Å²) in [5.74, 6) is -1.78. The smallest absolute Gasteiger partial charge is 0.304 e. The Morgan fingerprint density at radius 2 is 2.25 bits per heavy atom. The number of hydrogen-bond donors (Lipinski definition) is 2. The lowest BCUT2D eigenvalue weighted by Gasteiger charge is -2.16. The van der Waals surface area contributed by atoms with Gasteiger partial charge in [-0.2, -0.15) is 0 Å².